The van der Waals surface area contributed by atoms with Gasteiger partial charge in [-0.2, -0.15) is 0 Å². The van der Waals surface area contributed by atoms with Crippen molar-refractivity contribution in [3.8, 4) is 17.2 Å². The monoisotopic (exact) mass is 552 g/mol. The zero-order valence-corrected chi connectivity index (χ0v) is 23.7. The molecule has 4 rings (SSSR count). The van der Waals surface area contributed by atoms with Crippen molar-refractivity contribution in [3.05, 3.63) is 59.2 Å². The molecule has 1 atom stereocenters. The van der Waals surface area contributed by atoms with E-state index in [1.54, 1.807) is 48.4 Å². The molecule has 1 unspecified atom stereocenters. The summed E-state index contributed by atoms with van der Waals surface area (Å²) < 4.78 is 22.6. The Bertz CT molecular complexity index is 1210. The topological polar surface area (TPSA) is 97.8 Å². The van der Waals surface area contributed by atoms with Crippen molar-refractivity contribution < 1.29 is 33.6 Å². The van der Waals surface area contributed by atoms with E-state index in [4.69, 9.17) is 18.9 Å². The van der Waals surface area contributed by atoms with Gasteiger partial charge in [0.25, 0.3) is 11.7 Å². The van der Waals surface area contributed by atoms with Crippen molar-refractivity contribution in [1.82, 2.24) is 9.80 Å². The molecule has 0 aliphatic carbocycles. The highest BCUT2D eigenvalue weighted by Crippen LogP contribution is 2.42. The summed E-state index contributed by atoms with van der Waals surface area (Å²) in [5, 5.41) is 11.5. The van der Waals surface area contributed by atoms with Crippen LogP contribution in [0.5, 0.6) is 17.2 Å². The first-order valence-corrected chi connectivity index (χ1v) is 14.1. The number of ether oxygens (including phenoxy) is 4. The smallest absolute Gasteiger partial charge is 0.295 e. The number of aliphatic hydroxyl groups is 1. The standard InChI is InChI=1S/C31H40N2O7/c1-4-6-17-40-25-12-11-22(21-26(25)37-3)28-27(29(34)23-9-7-10-24(20-23)39-5-2)30(35)31(36)33(28)14-8-13-32-15-18-38-19-16-32/h7,9-12,20-21,28,34H,4-6,8,13-19H2,1-3H3/b29-27+. The highest BCUT2D eigenvalue weighted by molar-refractivity contribution is 6.46. The summed E-state index contributed by atoms with van der Waals surface area (Å²) in [6.07, 6.45) is 2.60. The van der Waals surface area contributed by atoms with Gasteiger partial charge in [-0.05, 0) is 49.6 Å². The number of benzene rings is 2. The van der Waals surface area contributed by atoms with Gasteiger partial charge in [0.1, 0.15) is 11.5 Å². The fourth-order valence-corrected chi connectivity index (χ4v) is 5.10. The van der Waals surface area contributed by atoms with Gasteiger partial charge in [-0.3, -0.25) is 14.5 Å². The average molecular weight is 553 g/mol. The van der Waals surface area contributed by atoms with Crippen molar-refractivity contribution in [2.45, 2.75) is 39.2 Å². The van der Waals surface area contributed by atoms with Gasteiger partial charge in [-0.1, -0.05) is 31.5 Å². The third-order valence-corrected chi connectivity index (χ3v) is 7.19. The molecule has 2 aliphatic rings. The molecule has 2 saturated heterocycles. The molecule has 9 heteroatoms. The highest BCUT2D eigenvalue weighted by Gasteiger charge is 2.46. The SMILES string of the molecule is CCCCOc1ccc(C2/C(=C(\O)c3cccc(OCC)c3)C(=O)C(=O)N2CCCN2CCOCC2)cc1OC. The van der Waals surface area contributed by atoms with Gasteiger partial charge in [0.2, 0.25) is 0 Å². The first kappa shape index (κ1) is 29.4. The van der Waals surface area contributed by atoms with Crippen LogP contribution in [-0.4, -0.2) is 86.3 Å². The van der Waals surface area contributed by atoms with Crippen LogP contribution in [0.3, 0.4) is 0 Å². The molecule has 0 spiro atoms. The molecule has 216 valence electrons. The van der Waals surface area contributed by atoms with E-state index in [0.717, 1.165) is 32.5 Å². The summed E-state index contributed by atoms with van der Waals surface area (Å²) in [7, 11) is 1.56. The summed E-state index contributed by atoms with van der Waals surface area (Å²) in [5.41, 5.74) is 1.12. The number of unbranched alkanes of at least 4 members (excludes halogenated alkanes) is 1. The molecule has 2 aliphatic heterocycles. The Labute approximate surface area is 236 Å². The summed E-state index contributed by atoms with van der Waals surface area (Å²) in [6.45, 7) is 9.20. The van der Waals surface area contributed by atoms with Gasteiger partial charge in [-0.15, -0.1) is 0 Å². The van der Waals surface area contributed by atoms with Gasteiger partial charge >= 0.3 is 0 Å². The number of nitrogens with zero attached hydrogens (tertiary/aromatic N) is 2. The number of hydrogen-bond acceptors (Lipinski definition) is 8. The summed E-state index contributed by atoms with van der Waals surface area (Å²) in [6, 6.07) is 11.5. The lowest BCUT2D eigenvalue weighted by molar-refractivity contribution is -0.140. The maximum Gasteiger partial charge on any atom is 0.295 e. The third kappa shape index (κ3) is 6.77. The van der Waals surface area contributed by atoms with E-state index >= 15 is 0 Å². The van der Waals surface area contributed by atoms with Crippen molar-refractivity contribution >= 4 is 17.4 Å². The Morgan fingerprint density at radius 1 is 1.00 bits per heavy atom. The zero-order valence-electron chi connectivity index (χ0n) is 23.7. The number of ketones is 1. The molecule has 0 radical (unpaired) electrons. The number of carbonyl (C=O) groups excluding carboxylic acids is 2. The number of carbonyl (C=O) groups is 2. The molecule has 0 bridgehead atoms. The van der Waals surface area contributed by atoms with Crippen LogP contribution in [0.15, 0.2) is 48.0 Å². The number of methoxy groups -OCH3 is 1. The number of aliphatic hydroxyl groups excluding tert-OH is 1. The zero-order chi connectivity index (χ0) is 28.5. The van der Waals surface area contributed by atoms with Crippen LogP contribution < -0.4 is 14.2 Å². The molecule has 2 heterocycles. The molecular weight excluding hydrogens is 512 g/mol. The molecule has 1 amide bonds. The van der Waals surface area contributed by atoms with E-state index in [-0.39, 0.29) is 11.3 Å². The van der Waals surface area contributed by atoms with Crippen molar-refractivity contribution in [2.24, 2.45) is 0 Å². The van der Waals surface area contributed by atoms with Gasteiger partial charge in [-0.25, -0.2) is 0 Å². The van der Waals surface area contributed by atoms with Crippen LogP contribution in [-0.2, 0) is 14.3 Å². The van der Waals surface area contributed by atoms with E-state index in [1.165, 1.54) is 0 Å². The van der Waals surface area contributed by atoms with E-state index < -0.39 is 17.7 Å². The van der Waals surface area contributed by atoms with E-state index in [1.807, 2.05) is 13.0 Å². The normalized spacial score (nSPS) is 19.2. The third-order valence-electron chi connectivity index (χ3n) is 7.19. The number of hydrogen-bond donors (Lipinski definition) is 1. The maximum absolute atomic E-state index is 13.5. The molecule has 1 N–H and O–H groups in total. The fourth-order valence-electron chi connectivity index (χ4n) is 5.10. The Morgan fingerprint density at radius 2 is 1.80 bits per heavy atom. The summed E-state index contributed by atoms with van der Waals surface area (Å²) in [4.78, 5) is 30.7. The molecule has 0 aromatic heterocycles. The first-order valence-electron chi connectivity index (χ1n) is 14.1. The fraction of sp³-hybridized carbons (Fsp3) is 0.484. The van der Waals surface area contributed by atoms with Crippen LogP contribution in [0.1, 0.15) is 50.3 Å². The molecule has 40 heavy (non-hydrogen) atoms. The molecule has 0 saturated carbocycles. The Kier molecular flexibility index (Phi) is 10.4. The predicted octanol–water partition coefficient (Wildman–Crippen LogP) is 4.42. The number of Topliss-reactive ketones (excluding diaryl/α,β-unsaturated/α-hetero) is 1. The van der Waals surface area contributed by atoms with Gasteiger partial charge in [0, 0.05) is 31.7 Å². The summed E-state index contributed by atoms with van der Waals surface area (Å²) in [5.74, 6) is 0.0924. The lowest BCUT2D eigenvalue weighted by Gasteiger charge is -2.29. The van der Waals surface area contributed by atoms with Crippen LogP contribution in [0.2, 0.25) is 0 Å². The molecule has 9 nitrogen and oxygen atoms in total. The Balaban J connectivity index is 1.71. The Morgan fingerprint density at radius 3 is 2.52 bits per heavy atom. The number of morpholine rings is 1. The average Bonchev–Trinajstić information content (AvgIpc) is 3.23. The van der Waals surface area contributed by atoms with Crippen LogP contribution in [0.25, 0.3) is 5.76 Å². The van der Waals surface area contributed by atoms with E-state index in [2.05, 4.69) is 11.8 Å². The number of likely N-dealkylation sites (tertiary alicyclic amines) is 1. The quantitative estimate of drug-likeness (QED) is 0.169. The van der Waals surface area contributed by atoms with Crippen LogP contribution in [0, 0.1) is 0 Å². The summed E-state index contributed by atoms with van der Waals surface area (Å²) >= 11 is 0. The Hall–Kier alpha value is -3.56. The van der Waals surface area contributed by atoms with Crippen LogP contribution in [0.4, 0.5) is 0 Å². The minimum absolute atomic E-state index is 0.0479. The molecule has 2 aromatic rings. The van der Waals surface area contributed by atoms with Gasteiger partial charge in [0.15, 0.2) is 11.5 Å². The van der Waals surface area contributed by atoms with Crippen molar-refractivity contribution in [2.75, 3.05) is 59.7 Å². The lowest BCUT2D eigenvalue weighted by Crippen LogP contribution is -2.39. The lowest BCUT2D eigenvalue weighted by atomic mass is 9.95. The van der Waals surface area contributed by atoms with E-state index in [9.17, 15) is 14.7 Å². The largest absolute Gasteiger partial charge is 0.507 e. The minimum Gasteiger partial charge on any atom is -0.507 e. The maximum atomic E-state index is 13.5. The molecule has 2 fully saturated rings. The number of amides is 1. The van der Waals surface area contributed by atoms with Gasteiger partial charge in [0.05, 0.1) is 45.2 Å². The van der Waals surface area contributed by atoms with Gasteiger partial charge < -0.3 is 29.0 Å². The second-order valence-electron chi connectivity index (χ2n) is 9.87. The highest BCUT2D eigenvalue weighted by atomic mass is 16.5. The van der Waals surface area contributed by atoms with Crippen molar-refractivity contribution in [1.29, 1.82) is 0 Å². The number of rotatable bonds is 13. The second kappa shape index (κ2) is 14.2. The second-order valence-corrected chi connectivity index (χ2v) is 9.87. The first-order chi connectivity index (χ1) is 19.5. The molecular formula is C31H40N2O7. The molecule has 2 aromatic carbocycles. The van der Waals surface area contributed by atoms with E-state index in [0.29, 0.717) is 67.8 Å². The van der Waals surface area contributed by atoms with Crippen molar-refractivity contribution in [3.63, 3.8) is 0 Å². The van der Waals surface area contributed by atoms with Crippen LogP contribution >= 0.6 is 0 Å². The predicted molar refractivity (Wildman–Crippen MR) is 152 cm³/mol. The minimum atomic E-state index is -0.779.